The van der Waals surface area contributed by atoms with Gasteiger partial charge in [-0.3, -0.25) is 4.90 Å². The van der Waals surface area contributed by atoms with Gasteiger partial charge in [-0.2, -0.15) is 0 Å². The molecular weight excluding hydrogens is 328 g/mol. The van der Waals surface area contributed by atoms with E-state index in [2.05, 4.69) is 30.1 Å². The van der Waals surface area contributed by atoms with Gasteiger partial charge in [-0.1, -0.05) is 30.3 Å². The van der Waals surface area contributed by atoms with Crippen molar-refractivity contribution in [1.29, 1.82) is 0 Å². The topological polar surface area (TPSA) is 54.6 Å². The lowest BCUT2D eigenvalue weighted by molar-refractivity contribution is 0.108. The van der Waals surface area contributed by atoms with Gasteiger partial charge >= 0.3 is 6.09 Å². The van der Waals surface area contributed by atoms with Crippen LogP contribution in [0.4, 0.5) is 4.79 Å². The molecule has 5 heteroatoms. The number of hydrogen-bond acceptors (Lipinski definition) is 3. The Morgan fingerprint density at radius 1 is 1.15 bits per heavy atom. The van der Waals surface area contributed by atoms with Crippen LogP contribution in [-0.4, -0.2) is 36.7 Å². The third-order valence-corrected chi connectivity index (χ3v) is 5.21. The number of aromatic amines is 1. The summed E-state index contributed by atoms with van der Waals surface area (Å²) in [6, 6.07) is 14.0. The molecule has 5 nitrogen and oxygen atoms in total. The van der Waals surface area contributed by atoms with E-state index in [4.69, 9.17) is 9.47 Å². The molecule has 1 aliphatic rings. The Bertz CT molecular complexity index is 959. The first-order chi connectivity index (χ1) is 12.6. The minimum Gasteiger partial charge on any atom is -0.497 e. The molecular formula is C21H22N2O3. The van der Waals surface area contributed by atoms with Crippen molar-refractivity contribution in [2.45, 2.75) is 19.4 Å². The fourth-order valence-electron chi connectivity index (χ4n) is 3.91. The van der Waals surface area contributed by atoms with E-state index in [1.165, 1.54) is 23.6 Å². The van der Waals surface area contributed by atoms with Crippen LogP contribution in [0.5, 0.6) is 5.75 Å². The summed E-state index contributed by atoms with van der Waals surface area (Å²) in [5.74, 6) is 0.793. The maximum absolute atomic E-state index is 12.4. The maximum atomic E-state index is 12.4. The molecule has 26 heavy (non-hydrogen) atoms. The van der Waals surface area contributed by atoms with Gasteiger partial charge in [0.25, 0.3) is 0 Å². The van der Waals surface area contributed by atoms with Gasteiger partial charge in [0, 0.05) is 23.1 Å². The number of benzene rings is 2. The van der Waals surface area contributed by atoms with Crippen molar-refractivity contribution in [2.75, 3.05) is 20.8 Å². The second-order valence-electron chi connectivity index (χ2n) is 6.60. The molecule has 0 fully saturated rings. The molecule has 1 amide bonds. The molecule has 0 radical (unpaired) electrons. The molecule has 1 atom stereocenters. The number of carbonyl (C=O) groups excluding carboxylic acids is 1. The third-order valence-electron chi connectivity index (χ3n) is 5.21. The molecule has 1 aliphatic heterocycles. The van der Waals surface area contributed by atoms with Gasteiger partial charge in [-0.05, 0) is 42.2 Å². The predicted octanol–water partition coefficient (Wildman–Crippen LogP) is 4.20. The third kappa shape index (κ3) is 2.51. The van der Waals surface area contributed by atoms with Crippen molar-refractivity contribution >= 4 is 17.0 Å². The minimum absolute atomic E-state index is 0.205. The second kappa shape index (κ2) is 6.41. The number of carbonyl (C=O) groups is 1. The average Bonchev–Trinajstić information content (AvgIpc) is 3.07. The van der Waals surface area contributed by atoms with Crippen molar-refractivity contribution in [2.24, 2.45) is 0 Å². The number of fused-ring (bicyclic) bond motifs is 3. The number of aromatic nitrogens is 1. The fourth-order valence-corrected chi connectivity index (χ4v) is 3.91. The van der Waals surface area contributed by atoms with Crippen molar-refractivity contribution < 1.29 is 14.3 Å². The van der Waals surface area contributed by atoms with Gasteiger partial charge in [-0.25, -0.2) is 4.79 Å². The molecule has 1 unspecified atom stereocenters. The first-order valence-corrected chi connectivity index (χ1v) is 8.72. The van der Waals surface area contributed by atoms with Gasteiger partial charge in [-0.15, -0.1) is 0 Å². The lowest BCUT2D eigenvalue weighted by Crippen LogP contribution is -2.40. The van der Waals surface area contributed by atoms with E-state index in [1.54, 1.807) is 12.0 Å². The summed E-state index contributed by atoms with van der Waals surface area (Å²) in [5, 5.41) is 1.24. The van der Waals surface area contributed by atoms with E-state index >= 15 is 0 Å². The molecule has 0 saturated heterocycles. The highest BCUT2D eigenvalue weighted by Gasteiger charge is 2.35. The van der Waals surface area contributed by atoms with Crippen LogP contribution in [0.15, 0.2) is 42.5 Å². The number of nitrogens with zero attached hydrogens (tertiary/aromatic N) is 1. The fraction of sp³-hybridized carbons (Fsp3) is 0.286. The van der Waals surface area contributed by atoms with Crippen molar-refractivity contribution in [3.63, 3.8) is 0 Å². The van der Waals surface area contributed by atoms with Crippen LogP contribution in [0, 0.1) is 6.92 Å². The molecule has 2 aromatic carbocycles. The largest absolute Gasteiger partial charge is 0.497 e. The lowest BCUT2D eigenvalue weighted by atomic mass is 9.92. The molecule has 134 valence electrons. The van der Waals surface area contributed by atoms with Crippen molar-refractivity contribution in [3.05, 3.63) is 64.8 Å². The van der Waals surface area contributed by atoms with E-state index in [9.17, 15) is 4.79 Å². The number of para-hydroxylation sites is 1. The number of hydrogen-bond donors (Lipinski definition) is 1. The summed E-state index contributed by atoms with van der Waals surface area (Å²) in [6.07, 6.45) is 0.493. The monoisotopic (exact) mass is 350 g/mol. The summed E-state index contributed by atoms with van der Waals surface area (Å²) in [6.45, 7) is 2.72. The number of nitrogens with one attached hydrogen (secondary N) is 1. The zero-order valence-electron chi connectivity index (χ0n) is 15.2. The molecule has 0 aliphatic carbocycles. The Hall–Kier alpha value is -2.95. The SMILES string of the molecule is COC(=O)N1CCc2c([nH]c3c(C)cccc23)C1c1ccc(OC)cc1. The van der Waals surface area contributed by atoms with Crippen molar-refractivity contribution in [1.82, 2.24) is 9.88 Å². The molecule has 4 rings (SSSR count). The molecule has 3 aromatic rings. The van der Waals surface area contributed by atoms with E-state index in [1.807, 2.05) is 24.3 Å². The zero-order valence-corrected chi connectivity index (χ0v) is 15.2. The highest BCUT2D eigenvalue weighted by atomic mass is 16.5. The Kier molecular flexibility index (Phi) is 4.07. The van der Waals surface area contributed by atoms with Crippen LogP contribution < -0.4 is 4.74 Å². The second-order valence-corrected chi connectivity index (χ2v) is 6.60. The van der Waals surface area contributed by atoms with Crippen LogP contribution in [0.25, 0.3) is 10.9 Å². The standard InChI is InChI=1S/C21H22N2O3/c1-13-5-4-6-16-17-11-12-23(21(24)26-3)20(19(17)22-18(13)16)14-7-9-15(25-2)10-8-14/h4-10,20,22H,11-12H2,1-3H3. The summed E-state index contributed by atoms with van der Waals surface area (Å²) >= 11 is 0. The van der Waals surface area contributed by atoms with Gasteiger partial charge in [0.2, 0.25) is 0 Å². The van der Waals surface area contributed by atoms with Crippen LogP contribution in [0.3, 0.4) is 0 Å². The Morgan fingerprint density at radius 3 is 2.62 bits per heavy atom. The number of aryl methyl sites for hydroxylation is 1. The highest BCUT2D eigenvalue weighted by molar-refractivity contribution is 5.88. The predicted molar refractivity (Wildman–Crippen MR) is 101 cm³/mol. The number of ether oxygens (including phenoxy) is 2. The number of H-pyrrole nitrogens is 1. The summed E-state index contributed by atoms with van der Waals surface area (Å²) in [4.78, 5) is 17.8. The molecule has 0 bridgehead atoms. The normalized spacial score (nSPS) is 16.4. The first kappa shape index (κ1) is 16.5. The maximum Gasteiger partial charge on any atom is 0.410 e. The molecule has 2 heterocycles. The summed E-state index contributed by atoms with van der Waals surface area (Å²) in [7, 11) is 3.08. The average molecular weight is 350 g/mol. The quantitative estimate of drug-likeness (QED) is 0.754. The highest BCUT2D eigenvalue weighted by Crippen LogP contribution is 2.39. The van der Waals surface area contributed by atoms with Crippen LogP contribution in [0.2, 0.25) is 0 Å². The minimum atomic E-state index is -0.313. The Labute approximate surface area is 152 Å². The molecule has 0 saturated carbocycles. The van der Waals surface area contributed by atoms with E-state index in [0.29, 0.717) is 6.54 Å². The van der Waals surface area contributed by atoms with Crippen LogP contribution >= 0.6 is 0 Å². The van der Waals surface area contributed by atoms with Crippen molar-refractivity contribution in [3.8, 4) is 5.75 Å². The van der Waals surface area contributed by atoms with E-state index < -0.39 is 0 Å². The number of rotatable bonds is 2. The summed E-state index contributed by atoms with van der Waals surface area (Å²) < 4.78 is 10.3. The van der Waals surface area contributed by atoms with Crippen LogP contribution in [0.1, 0.15) is 28.4 Å². The Morgan fingerprint density at radius 2 is 1.92 bits per heavy atom. The molecule has 0 spiro atoms. The van der Waals surface area contributed by atoms with Crippen LogP contribution in [-0.2, 0) is 11.2 Å². The van der Waals surface area contributed by atoms with Gasteiger partial charge in [0.1, 0.15) is 11.8 Å². The molecule has 1 N–H and O–H groups in total. The van der Waals surface area contributed by atoms with E-state index in [0.717, 1.165) is 28.9 Å². The van der Waals surface area contributed by atoms with E-state index in [-0.39, 0.29) is 12.1 Å². The molecule has 1 aromatic heterocycles. The van der Waals surface area contributed by atoms with Gasteiger partial charge in [0.15, 0.2) is 0 Å². The zero-order chi connectivity index (χ0) is 18.3. The summed E-state index contributed by atoms with van der Waals surface area (Å²) in [5.41, 5.74) is 5.72. The number of amides is 1. The first-order valence-electron chi connectivity index (χ1n) is 8.72. The van der Waals surface area contributed by atoms with Gasteiger partial charge in [0.05, 0.1) is 14.2 Å². The lowest BCUT2D eigenvalue weighted by Gasteiger charge is -2.35. The number of methoxy groups -OCH3 is 2. The Balaban J connectivity index is 1.90. The van der Waals surface area contributed by atoms with Gasteiger partial charge < -0.3 is 14.5 Å². The smallest absolute Gasteiger partial charge is 0.410 e.